The number of nitrogens with two attached hydrogens (primary N) is 2. The molecule has 1 aromatic carbocycles. The summed E-state index contributed by atoms with van der Waals surface area (Å²) in [5.41, 5.74) is 14.8. The lowest BCUT2D eigenvalue weighted by Gasteiger charge is -2.17. The number of nitrogens with one attached hydrogen (secondary N) is 1. The van der Waals surface area contributed by atoms with Crippen LogP contribution in [0.15, 0.2) is 18.3 Å². The van der Waals surface area contributed by atoms with Crippen LogP contribution in [-0.2, 0) is 6.42 Å². The number of H-pyrrole nitrogens is 1. The van der Waals surface area contributed by atoms with Gasteiger partial charge in [0, 0.05) is 12.0 Å². The minimum Gasteiger partial charge on any atom is -0.493 e. The highest BCUT2D eigenvalue weighted by atomic mass is 16.5. The van der Waals surface area contributed by atoms with E-state index in [0.29, 0.717) is 29.9 Å². The fraction of sp³-hybridized carbons (Fsp3) is 0.375. The van der Waals surface area contributed by atoms with Crippen molar-refractivity contribution in [3.05, 3.63) is 35.0 Å². The van der Waals surface area contributed by atoms with Crippen LogP contribution in [0.4, 0.5) is 11.8 Å². The Morgan fingerprint density at radius 1 is 1.09 bits per heavy atom. The van der Waals surface area contributed by atoms with E-state index in [-0.39, 0.29) is 0 Å². The van der Waals surface area contributed by atoms with Gasteiger partial charge in [0.15, 0.2) is 11.5 Å². The molecule has 1 aromatic heterocycles. The zero-order chi connectivity index (χ0) is 16.3. The number of ether oxygens (including phenoxy) is 2. The number of rotatable bonds is 5. The number of anilines is 2. The number of aromatic nitrogens is 2. The van der Waals surface area contributed by atoms with E-state index < -0.39 is 0 Å². The fourth-order valence-electron chi connectivity index (χ4n) is 2.44. The normalized spacial score (nSPS) is 10.8. The van der Waals surface area contributed by atoms with Gasteiger partial charge in [-0.05, 0) is 29.2 Å². The van der Waals surface area contributed by atoms with Crippen LogP contribution in [0.5, 0.6) is 11.5 Å². The molecule has 0 bridgehead atoms. The summed E-state index contributed by atoms with van der Waals surface area (Å²) in [6.07, 6.45) is 2.43. The van der Waals surface area contributed by atoms with Crippen LogP contribution < -0.4 is 25.9 Å². The first-order valence-electron chi connectivity index (χ1n) is 7.13. The maximum atomic E-state index is 5.95. The molecule has 0 aliphatic carbocycles. The average molecular weight is 303 g/mol. The lowest BCUT2D eigenvalue weighted by molar-refractivity contribution is -0.364. The van der Waals surface area contributed by atoms with Gasteiger partial charge in [-0.1, -0.05) is 18.8 Å². The molecule has 6 heteroatoms. The van der Waals surface area contributed by atoms with E-state index in [9.17, 15) is 0 Å². The fourth-order valence-corrected chi connectivity index (χ4v) is 2.44. The quantitative estimate of drug-likeness (QED) is 0.877. The smallest absolute Gasteiger partial charge is 0.388 e. The molecular weight excluding hydrogens is 280 g/mol. The summed E-state index contributed by atoms with van der Waals surface area (Å²) in [6, 6.07) is 4.01. The van der Waals surface area contributed by atoms with Gasteiger partial charge in [-0.15, -0.1) is 0 Å². The molecule has 6 nitrogen and oxygen atoms in total. The van der Waals surface area contributed by atoms with E-state index in [1.54, 1.807) is 20.4 Å². The van der Waals surface area contributed by atoms with Crippen LogP contribution in [0, 0.1) is 0 Å². The van der Waals surface area contributed by atoms with Crippen molar-refractivity contribution in [2.24, 2.45) is 0 Å². The van der Waals surface area contributed by atoms with Crippen molar-refractivity contribution in [3.63, 3.8) is 0 Å². The predicted molar refractivity (Wildman–Crippen MR) is 86.1 cm³/mol. The second-order valence-electron chi connectivity index (χ2n) is 5.43. The van der Waals surface area contributed by atoms with Crippen molar-refractivity contribution in [2.45, 2.75) is 26.2 Å². The van der Waals surface area contributed by atoms with Crippen molar-refractivity contribution in [2.75, 3.05) is 25.7 Å². The number of methoxy groups -OCH3 is 2. The Morgan fingerprint density at radius 2 is 1.73 bits per heavy atom. The Bertz CT molecular complexity index is 671. The van der Waals surface area contributed by atoms with Gasteiger partial charge in [-0.25, -0.2) is 4.98 Å². The predicted octanol–water partition coefficient (Wildman–Crippen LogP) is 1.79. The molecule has 0 radical (unpaired) electrons. The summed E-state index contributed by atoms with van der Waals surface area (Å²) >= 11 is 0. The first-order valence-corrected chi connectivity index (χ1v) is 7.13. The summed E-state index contributed by atoms with van der Waals surface area (Å²) in [5, 5.41) is 0. The Morgan fingerprint density at radius 3 is 2.27 bits per heavy atom. The summed E-state index contributed by atoms with van der Waals surface area (Å²) in [6.45, 7) is 4.28. The molecule has 118 valence electrons. The SMILES string of the molecule is COc1cc(Cc2c[nH+]c(N)nc2N)c(C(C)C)cc1OC. The van der Waals surface area contributed by atoms with Crippen LogP contribution in [-0.4, -0.2) is 19.2 Å². The molecule has 0 aliphatic rings. The third-order valence-corrected chi connectivity index (χ3v) is 3.61. The number of nitrogens with zero attached hydrogens (tertiary/aromatic N) is 1. The number of aromatic amines is 1. The standard InChI is InChI=1S/C16H22N4O2/c1-9(2)12-7-14(22-4)13(21-3)6-10(12)5-11-8-19-16(18)20-15(11)17/h6-9H,5H2,1-4H3,(H4,17,18,19,20)/p+1. The van der Waals surface area contributed by atoms with Crippen molar-refractivity contribution in [3.8, 4) is 11.5 Å². The summed E-state index contributed by atoms with van der Waals surface area (Å²) in [7, 11) is 3.27. The molecule has 1 heterocycles. The topological polar surface area (TPSA) is 97.5 Å². The Labute approximate surface area is 130 Å². The first kappa shape index (κ1) is 15.9. The Hall–Kier alpha value is -2.50. The van der Waals surface area contributed by atoms with Gasteiger partial charge >= 0.3 is 5.95 Å². The van der Waals surface area contributed by atoms with Gasteiger partial charge in [0.1, 0.15) is 0 Å². The third-order valence-electron chi connectivity index (χ3n) is 3.61. The molecule has 0 saturated carbocycles. The van der Waals surface area contributed by atoms with E-state index in [4.69, 9.17) is 20.9 Å². The summed E-state index contributed by atoms with van der Waals surface area (Å²) in [5.74, 6) is 2.51. The molecule has 0 unspecified atom stereocenters. The number of nitrogen functional groups attached to an aromatic ring is 2. The van der Waals surface area contributed by atoms with Gasteiger partial charge in [0.05, 0.1) is 20.4 Å². The maximum Gasteiger partial charge on any atom is 0.388 e. The van der Waals surface area contributed by atoms with E-state index in [0.717, 1.165) is 16.9 Å². The van der Waals surface area contributed by atoms with Crippen LogP contribution in [0.2, 0.25) is 0 Å². The van der Waals surface area contributed by atoms with Crippen LogP contribution >= 0.6 is 0 Å². The van der Waals surface area contributed by atoms with Crippen molar-refractivity contribution >= 4 is 11.8 Å². The third kappa shape index (κ3) is 3.21. The molecule has 0 saturated heterocycles. The largest absolute Gasteiger partial charge is 0.493 e. The molecule has 0 atom stereocenters. The Balaban J connectivity index is 2.48. The lowest BCUT2D eigenvalue weighted by Crippen LogP contribution is -2.16. The molecular formula is C16H23N4O2+. The molecule has 0 spiro atoms. The van der Waals surface area contributed by atoms with Crippen LogP contribution in [0.25, 0.3) is 0 Å². The number of hydrogen-bond acceptors (Lipinski definition) is 5. The highest BCUT2D eigenvalue weighted by molar-refractivity contribution is 5.51. The summed E-state index contributed by atoms with van der Waals surface area (Å²) < 4.78 is 10.8. The molecule has 2 aromatic rings. The molecule has 0 fully saturated rings. The van der Waals surface area contributed by atoms with Crippen molar-refractivity contribution in [1.82, 2.24) is 4.98 Å². The van der Waals surface area contributed by atoms with Crippen molar-refractivity contribution in [1.29, 1.82) is 0 Å². The van der Waals surface area contributed by atoms with E-state index >= 15 is 0 Å². The zero-order valence-electron chi connectivity index (χ0n) is 13.4. The molecule has 5 N–H and O–H groups in total. The second-order valence-corrected chi connectivity index (χ2v) is 5.43. The molecule has 2 rings (SSSR count). The average Bonchev–Trinajstić information content (AvgIpc) is 2.49. The highest BCUT2D eigenvalue weighted by Gasteiger charge is 2.16. The second kappa shape index (κ2) is 6.51. The van der Waals surface area contributed by atoms with Gasteiger partial charge in [0.25, 0.3) is 0 Å². The molecule has 0 amide bonds. The van der Waals surface area contributed by atoms with Crippen LogP contribution in [0.1, 0.15) is 36.5 Å². The monoisotopic (exact) mass is 303 g/mol. The minimum absolute atomic E-state index is 0.303. The van der Waals surface area contributed by atoms with Gasteiger partial charge < -0.3 is 15.2 Å². The van der Waals surface area contributed by atoms with E-state index in [1.807, 2.05) is 12.1 Å². The summed E-state index contributed by atoms with van der Waals surface area (Å²) in [4.78, 5) is 6.96. The van der Waals surface area contributed by atoms with E-state index in [2.05, 4.69) is 23.8 Å². The van der Waals surface area contributed by atoms with Gasteiger partial charge in [0.2, 0.25) is 5.82 Å². The lowest BCUT2D eigenvalue weighted by atomic mass is 9.92. The van der Waals surface area contributed by atoms with E-state index in [1.165, 1.54) is 5.56 Å². The zero-order valence-corrected chi connectivity index (χ0v) is 13.4. The van der Waals surface area contributed by atoms with Crippen LogP contribution in [0.3, 0.4) is 0 Å². The maximum absolute atomic E-state index is 5.95. The van der Waals surface area contributed by atoms with Gasteiger partial charge in [-0.3, -0.25) is 5.73 Å². The van der Waals surface area contributed by atoms with Crippen molar-refractivity contribution < 1.29 is 14.5 Å². The highest BCUT2D eigenvalue weighted by Crippen LogP contribution is 2.35. The van der Waals surface area contributed by atoms with Gasteiger partial charge in [-0.2, -0.15) is 0 Å². The molecule has 22 heavy (non-hydrogen) atoms. The minimum atomic E-state index is 0.303. The molecule has 0 aliphatic heterocycles. The number of benzene rings is 1. The Kier molecular flexibility index (Phi) is 4.70. The first-order chi connectivity index (χ1) is 10.5. The number of hydrogen-bond donors (Lipinski definition) is 2.